The van der Waals surface area contributed by atoms with Crippen LogP contribution >= 0.6 is 0 Å². The van der Waals surface area contributed by atoms with Crippen molar-refractivity contribution >= 4 is 0 Å². The van der Waals surface area contributed by atoms with E-state index in [-0.39, 0.29) is 17.9 Å². The van der Waals surface area contributed by atoms with Gasteiger partial charge < -0.3 is 9.84 Å². The minimum Gasteiger partial charge on any atom is -0.385 e. The highest BCUT2D eigenvalue weighted by Gasteiger charge is 2.47. The second-order valence-corrected chi connectivity index (χ2v) is 5.88. The molecule has 2 heterocycles. The van der Waals surface area contributed by atoms with Crippen molar-refractivity contribution in [3.63, 3.8) is 0 Å². The molecule has 0 saturated carbocycles. The maximum absolute atomic E-state index is 14.1. The van der Waals surface area contributed by atoms with Crippen molar-refractivity contribution in [2.24, 2.45) is 0 Å². The molecule has 0 aliphatic carbocycles. The van der Waals surface area contributed by atoms with Crippen LogP contribution in [-0.4, -0.2) is 42.4 Å². The van der Waals surface area contributed by atoms with Crippen LogP contribution in [0.3, 0.4) is 0 Å². The van der Waals surface area contributed by atoms with Gasteiger partial charge in [-0.15, -0.1) is 0 Å². The lowest BCUT2D eigenvalue weighted by atomic mass is 9.75. The van der Waals surface area contributed by atoms with E-state index in [4.69, 9.17) is 4.74 Å². The molecule has 1 N–H and O–H groups in total. The molecule has 2 unspecified atom stereocenters. The first-order chi connectivity index (χ1) is 9.01. The first-order valence-electron chi connectivity index (χ1n) is 6.79. The van der Waals surface area contributed by atoms with Gasteiger partial charge in [0.2, 0.25) is 0 Å². The maximum atomic E-state index is 14.1. The van der Waals surface area contributed by atoms with E-state index in [9.17, 15) is 9.50 Å². The summed E-state index contributed by atoms with van der Waals surface area (Å²) < 4.78 is 19.7. The Kier molecular flexibility index (Phi) is 3.12. The van der Waals surface area contributed by atoms with Gasteiger partial charge >= 0.3 is 0 Å². The van der Waals surface area contributed by atoms with Gasteiger partial charge in [0.25, 0.3) is 0 Å². The van der Waals surface area contributed by atoms with Gasteiger partial charge in [0.15, 0.2) is 0 Å². The predicted octanol–water partition coefficient (Wildman–Crippen LogP) is 1.81. The number of hydrogen-bond acceptors (Lipinski definition) is 3. The van der Waals surface area contributed by atoms with Crippen LogP contribution in [0.1, 0.15) is 24.0 Å². The Bertz CT molecular complexity index is 457. The van der Waals surface area contributed by atoms with Gasteiger partial charge in [-0.2, -0.15) is 0 Å². The lowest BCUT2D eigenvalue weighted by Crippen LogP contribution is -2.59. The second kappa shape index (κ2) is 4.54. The third-order valence-electron chi connectivity index (χ3n) is 4.61. The van der Waals surface area contributed by atoms with Crippen molar-refractivity contribution in [1.82, 2.24) is 4.90 Å². The first kappa shape index (κ1) is 13.0. The summed E-state index contributed by atoms with van der Waals surface area (Å²) in [4.78, 5) is 2.26. The number of ether oxygens (including phenoxy) is 1. The molecule has 3 rings (SSSR count). The third kappa shape index (κ3) is 2.08. The quantitative estimate of drug-likeness (QED) is 0.840. The second-order valence-electron chi connectivity index (χ2n) is 5.88. The van der Waals surface area contributed by atoms with Crippen LogP contribution in [0, 0.1) is 12.7 Å². The van der Waals surface area contributed by atoms with Crippen LogP contribution < -0.4 is 0 Å². The molecule has 2 saturated heterocycles. The minimum absolute atomic E-state index is 0.163. The Balaban J connectivity index is 2.00. The SMILES string of the molecule is Cc1cccc(F)c1C1(O)CC2COCC(C1)N2C. The van der Waals surface area contributed by atoms with Crippen molar-refractivity contribution in [2.75, 3.05) is 20.3 Å². The lowest BCUT2D eigenvalue weighted by molar-refractivity contribution is -0.139. The van der Waals surface area contributed by atoms with Crippen LogP contribution in [-0.2, 0) is 10.3 Å². The average Bonchev–Trinajstić information content (AvgIpc) is 2.31. The number of piperidine rings is 1. The number of aliphatic hydroxyl groups is 1. The zero-order chi connectivity index (χ0) is 13.6. The zero-order valence-corrected chi connectivity index (χ0v) is 11.4. The summed E-state index contributed by atoms with van der Waals surface area (Å²) in [6.07, 6.45) is 1.06. The number of hydrogen-bond donors (Lipinski definition) is 1. The van der Waals surface area contributed by atoms with Gasteiger partial charge in [0, 0.05) is 17.6 Å². The molecule has 0 spiro atoms. The molecule has 1 aromatic rings. The van der Waals surface area contributed by atoms with Crippen molar-refractivity contribution in [2.45, 2.75) is 37.5 Å². The summed E-state index contributed by atoms with van der Waals surface area (Å²) >= 11 is 0. The van der Waals surface area contributed by atoms with Crippen LogP contribution in [0.15, 0.2) is 18.2 Å². The van der Waals surface area contributed by atoms with E-state index >= 15 is 0 Å². The van der Waals surface area contributed by atoms with E-state index in [2.05, 4.69) is 11.9 Å². The Morgan fingerprint density at radius 1 is 1.32 bits per heavy atom. The van der Waals surface area contributed by atoms with E-state index in [0.29, 0.717) is 31.6 Å². The highest BCUT2D eigenvalue weighted by atomic mass is 19.1. The molecule has 0 radical (unpaired) electrons. The number of morpholine rings is 1. The zero-order valence-electron chi connectivity index (χ0n) is 11.4. The van der Waals surface area contributed by atoms with Gasteiger partial charge in [-0.3, -0.25) is 4.90 Å². The normalized spacial score (nSPS) is 35.4. The van der Waals surface area contributed by atoms with E-state index < -0.39 is 5.60 Å². The van der Waals surface area contributed by atoms with Crippen molar-refractivity contribution < 1.29 is 14.2 Å². The molecular formula is C15H20FNO2. The molecule has 4 heteroatoms. The van der Waals surface area contributed by atoms with Crippen LogP contribution in [0.4, 0.5) is 4.39 Å². The average molecular weight is 265 g/mol. The number of rotatable bonds is 1. The summed E-state index contributed by atoms with van der Waals surface area (Å²) in [5, 5.41) is 11.0. The Morgan fingerprint density at radius 3 is 2.53 bits per heavy atom. The van der Waals surface area contributed by atoms with Gasteiger partial charge in [-0.25, -0.2) is 4.39 Å². The molecule has 2 bridgehead atoms. The van der Waals surface area contributed by atoms with Gasteiger partial charge in [-0.1, -0.05) is 12.1 Å². The molecule has 19 heavy (non-hydrogen) atoms. The summed E-state index contributed by atoms with van der Waals surface area (Å²) in [5.41, 5.74) is 0.229. The third-order valence-corrected chi connectivity index (χ3v) is 4.61. The van der Waals surface area contributed by atoms with E-state index in [1.54, 1.807) is 6.07 Å². The number of nitrogens with zero attached hydrogens (tertiary/aromatic N) is 1. The Morgan fingerprint density at radius 2 is 1.95 bits per heavy atom. The van der Waals surface area contributed by atoms with Gasteiger partial charge in [0.1, 0.15) is 5.82 Å². The highest BCUT2D eigenvalue weighted by Crippen LogP contribution is 2.42. The molecule has 2 aliphatic heterocycles. The predicted molar refractivity (Wildman–Crippen MR) is 70.4 cm³/mol. The molecule has 2 atom stereocenters. The monoisotopic (exact) mass is 265 g/mol. The molecule has 2 aliphatic rings. The summed E-state index contributed by atoms with van der Waals surface area (Å²) in [6, 6.07) is 5.32. The Hall–Kier alpha value is -0.970. The number of likely N-dealkylation sites (N-methyl/N-ethyl adjacent to an activating group) is 1. The summed E-state index contributed by atoms with van der Waals surface area (Å²) in [5.74, 6) is -0.300. The molecule has 0 aromatic heterocycles. The summed E-state index contributed by atoms with van der Waals surface area (Å²) in [7, 11) is 2.06. The fourth-order valence-electron chi connectivity index (χ4n) is 3.57. The van der Waals surface area contributed by atoms with Crippen LogP contribution in [0.25, 0.3) is 0 Å². The van der Waals surface area contributed by atoms with Crippen molar-refractivity contribution in [3.8, 4) is 0 Å². The summed E-state index contributed by atoms with van der Waals surface area (Å²) in [6.45, 7) is 3.09. The number of fused-ring (bicyclic) bond motifs is 2. The van der Waals surface area contributed by atoms with Crippen LogP contribution in [0.5, 0.6) is 0 Å². The highest BCUT2D eigenvalue weighted by molar-refractivity contribution is 5.34. The molecule has 2 fully saturated rings. The Labute approximate surface area is 113 Å². The van der Waals surface area contributed by atoms with Crippen LogP contribution in [0.2, 0.25) is 0 Å². The fourth-order valence-corrected chi connectivity index (χ4v) is 3.57. The largest absolute Gasteiger partial charge is 0.385 e. The van der Waals surface area contributed by atoms with Gasteiger partial charge in [0.05, 0.1) is 18.8 Å². The lowest BCUT2D eigenvalue weighted by Gasteiger charge is -2.50. The fraction of sp³-hybridized carbons (Fsp3) is 0.600. The molecule has 0 amide bonds. The molecule has 1 aromatic carbocycles. The molecule has 3 nitrogen and oxygen atoms in total. The standard InChI is InChI=1S/C15H20FNO2/c1-10-4-3-5-13(16)14(10)15(18)6-11-8-19-9-12(7-15)17(11)2/h3-5,11-12,18H,6-9H2,1-2H3. The first-order valence-corrected chi connectivity index (χ1v) is 6.79. The van der Waals surface area contributed by atoms with E-state index in [1.165, 1.54) is 6.07 Å². The number of benzene rings is 1. The topological polar surface area (TPSA) is 32.7 Å². The van der Waals surface area contributed by atoms with Gasteiger partial charge in [-0.05, 0) is 38.4 Å². The maximum Gasteiger partial charge on any atom is 0.129 e. The smallest absolute Gasteiger partial charge is 0.129 e. The van der Waals surface area contributed by atoms with E-state index in [0.717, 1.165) is 5.56 Å². The number of halogens is 1. The number of aryl methyl sites for hydroxylation is 1. The minimum atomic E-state index is -1.07. The molecular weight excluding hydrogens is 245 g/mol. The molecule has 104 valence electrons. The van der Waals surface area contributed by atoms with E-state index in [1.807, 2.05) is 13.0 Å². The van der Waals surface area contributed by atoms with Crippen molar-refractivity contribution in [3.05, 3.63) is 35.1 Å². The van der Waals surface area contributed by atoms with Crippen molar-refractivity contribution in [1.29, 1.82) is 0 Å².